The van der Waals surface area contributed by atoms with Gasteiger partial charge in [0.25, 0.3) is 0 Å². The number of alkyl carbamates (subject to hydrolysis) is 1. The lowest BCUT2D eigenvalue weighted by atomic mass is 10.1. The molecule has 50 heavy (non-hydrogen) atoms. The van der Waals surface area contributed by atoms with Gasteiger partial charge in [-0.05, 0) is 47.5 Å². The Labute approximate surface area is 298 Å². The molecule has 0 saturated heterocycles. The van der Waals surface area contributed by atoms with Gasteiger partial charge in [-0.15, -0.1) is 0 Å². The predicted octanol–water partition coefficient (Wildman–Crippen LogP) is 0.862. The van der Waals surface area contributed by atoms with E-state index in [1.807, 2.05) is 0 Å². The van der Waals surface area contributed by atoms with Gasteiger partial charge in [-0.3, -0.25) is 19.2 Å². The molecular formula is C32H55N5O12S. The van der Waals surface area contributed by atoms with Crippen molar-refractivity contribution in [1.82, 2.24) is 26.6 Å². The number of esters is 3. The summed E-state index contributed by atoms with van der Waals surface area (Å²) in [6, 6.07) is -5.69. The number of rotatable bonds is 22. The number of unbranched alkanes of at least 4 members (excludes halogenated alkanes) is 3. The Hall–Kier alpha value is -4.09. The molecule has 0 spiro atoms. The molecule has 0 aliphatic heterocycles. The maximum atomic E-state index is 13.1. The lowest BCUT2D eigenvalue weighted by Gasteiger charge is -2.24. The van der Waals surface area contributed by atoms with Crippen LogP contribution in [0.15, 0.2) is 0 Å². The molecule has 0 bridgehead atoms. The highest BCUT2D eigenvalue weighted by atomic mass is 32.2. The summed E-state index contributed by atoms with van der Waals surface area (Å²) < 4.78 is 19.4. The number of nitrogens with one attached hydrogen (secondary N) is 5. The highest BCUT2D eigenvalue weighted by Gasteiger charge is 2.30. The van der Waals surface area contributed by atoms with Crippen molar-refractivity contribution >= 4 is 59.4 Å². The van der Waals surface area contributed by atoms with Crippen molar-refractivity contribution in [3.8, 4) is 0 Å². The average Bonchev–Trinajstić information content (AvgIpc) is 3.05. The second kappa shape index (κ2) is 24.1. The monoisotopic (exact) mass is 733 g/mol. The van der Waals surface area contributed by atoms with Gasteiger partial charge in [0.2, 0.25) is 23.6 Å². The summed E-state index contributed by atoms with van der Waals surface area (Å²) >= 11 is 1.01. The van der Waals surface area contributed by atoms with Gasteiger partial charge in [0.05, 0.1) is 21.3 Å². The van der Waals surface area contributed by atoms with E-state index in [0.29, 0.717) is 6.42 Å². The summed E-state index contributed by atoms with van der Waals surface area (Å²) in [6.45, 7) is 9.84. The Morgan fingerprint density at radius 3 is 1.72 bits per heavy atom. The molecule has 0 unspecified atom stereocenters. The molecule has 0 heterocycles. The van der Waals surface area contributed by atoms with Crippen LogP contribution < -0.4 is 26.6 Å². The van der Waals surface area contributed by atoms with Crippen LogP contribution in [0.5, 0.6) is 0 Å². The highest BCUT2D eigenvalue weighted by molar-refractivity contribution is 7.99. The standard InChI is InChI=1S/C32H55N5O12S/c1-10-11-12-13-14-24(38)33-19(2)26(40)36-21(29(43)47-8)15-16-25(39)35-22(27(41)34-20(3)28(42)46-7)17-50-18-23(30(44)48-9)37-31(45)49-32(4,5)6/h19-23H,10-18H2,1-9H3,(H,33,38)(H,34,41)(H,35,39)(H,36,40)(H,37,45)/t19-,20+,21+,22+,23-/m0/s1. The van der Waals surface area contributed by atoms with Crippen molar-refractivity contribution in [2.24, 2.45) is 0 Å². The van der Waals surface area contributed by atoms with E-state index in [-0.39, 0.29) is 36.7 Å². The first-order valence-electron chi connectivity index (χ1n) is 16.4. The van der Waals surface area contributed by atoms with Crippen LogP contribution in [0.3, 0.4) is 0 Å². The average molecular weight is 734 g/mol. The van der Waals surface area contributed by atoms with Crippen LogP contribution in [0.25, 0.3) is 0 Å². The van der Waals surface area contributed by atoms with Crippen molar-refractivity contribution in [3.63, 3.8) is 0 Å². The maximum absolute atomic E-state index is 13.1. The fourth-order valence-electron chi connectivity index (χ4n) is 4.12. The molecule has 5 N–H and O–H groups in total. The number of hydrogen-bond donors (Lipinski definition) is 5. The molecule has 0 aromatic heterocycles. The van der Waals surface area contributed by atoms with Crippen LogP contribution in [-0.4, -0.2) is 116 Å². The third-order valence-electron chi connectivity index (χ3n) is 6.80. The lowest BCUT2D eigenvalue weighted by molar-refractivity contribution is -0.145. The molecule has 0 fully saturated rings. The molecular weight excluding hydrogens is 678 g/mol. The van der Waals surface area contributed by atoms with Crippen LogP contribution in [-0.2, 0) is 52.5 Å². The maximum Gasteiger partial charge on any atom is 0.408 e. The lowest BCUT2D eigenvalue weighted by Crippen LogP contribution is -2.53. The molecule has 0 aliphatic rings. The molecule has 286 valence electrons. The summed E-state index contributed by atoms with van der Waals surface area (Å²) in [5.41, 5.74) is -0.834. The number of carbonyl (C=O) groups is 8. The minimum absolute atomic E-state index is 0.0813. The largest absolute Gasteiger partial charge is 0.467 e. The van der Waals surface area contributed by atoms with Gasteiger partial charge in [-0.25, -0.2) is 19.2 Å². The Balaban J connectivity index is 5.57. The first-order valence-corrected chi connectivity index (χ1v) is 17.5. The number of amides is 5. The fraction of sp³-hybridized carbons (Fsp3) is 0.750. The summed E-state index contributed by atoms with van der Waals surface area (Å²) in [4.78, 5) is 100. The third-order valence-corrected chi connectivity index (χ3v) is 7.94. The number of ether oxygens (including phenoxy) is 4. The van der Waals surface area contributed by atoms with E-state index in [1.165, 1.54) is 13.8 Å². The molecule has 18 heteroatoms. The van der Waals surface area contributed by atoms with Crippen molar-refractivity contribution in [2.75, 3.05) is 32.8 Å². The topological polar surface area (TPSA) is 234 Å². The smallest absolute Gasteiger partial charge is 0.408 e. The summed E-state index contributed by atoms with van der Waals surface area (Å²) in [5.74, 6) is -4.95. The van der Waals surface area contributed by atoms with Crippen LogP contribution >= 0.6 is 11.8 Å². The molecule has 0 aliphatic carbocycles. The van der Waals surface area contributed by atoms with Gasteiger partial charge < -0.3 is 45.5 Å². The Morgan fingerprint density at radius 2 is 1.16 bits per heavy atom. The molecule has 17 nitrogen and oxygen atoms in total. The number of carbonyl (C=O) groups excluding carboxylic acids is 8. The zero-order valence-electron chi connectivity index (χ0n) is 30.6. The number of hydrogen-bond acceptors (Lipinski definition) is 13. The molecule has 5 amide bonds. The Bertz CT molecular complexity index is 1160. The zero-order valence-corrected chi connectivity index (χ0v) is 31.4. The highest BCUT2D eigenvalue weighted by Crippen LogP contribution is 2.12. The van der Waals surface area contributed by atoms with Crippen molar-refractivity contribution in [2.45, 2.75) is 122 Å². The SMILES string of the molecule is CCCCCCC(=O)N[C@@H](C)C(=O)N[C@H](CCC(=O)N[C@H](CSC[C@H](NC(=O)OC(C)(C)C)C(=O)OC)C(=O)N[C@H](C)C(=O)OC)C(=O)OC. The number of methoxy groups -OCH3 is 3. The van der Waals surface area contributed by atoms with Crippen molar-refractivity contribution < 1.29 is 57.3 Å². The van der Waals surface area contributed by atoms with Crippen LogP contribution in [0, 0.1) is 0 Å². The van der Waals surface area contributed by atoms with E-state index in [4.69, 9.17) is 14.2 Å². The van der Waals surface area contributed by atoms with E-state index >= 15 is 0 Å². The van der Waals surface area contributed by atoms with Gasteiger partial charge in [-0.1, -0.05) is 26.2 Å². The molecule has 0 rings (SSSR count). The molecule has 0 aromatic rings. The first-order chi connectivity index (χ1) is 23.4. The van der Waals surface area contributed by atoms with E-state index in [2.05, 4.69) is 38.2 Å². The van der Waals surface area contributed by atoms with Gasteiger partial charge in [-0.2, -0.15) is 11.8 Å². The quantitative estimate of drug-likeness (QED) is 0.0591. The summed E-state index contributed by atoms with van der Waals surface area (Å²) in [7, 11) is 3.39. The van der Waals surface area contributed by atoms with Crippen LogP contribution in [0.2, 0.25) is 0 Å². The van der Waals surface area contributed by atoms with Crippen LogP contribution in [0.4, 0.5) is 4.79 Å². The minimum atomic E-state index is -1.25. The molecule has 0 aromatic carbocycles. The van der Waals surface area contributed by atoms with Crippen molar-refractivity contribution in [1.29, 1.82) is 0 Å². The van der Waals surface area contributed by atoms with E-state index in [9.17, 15) is 38.4 Å². The van der Waals surface area contributed by atoms with E-state index in [0.717, 1.165) is 52.4 Å². The van der Waals surface area contributed by atoms with Gasteiger partial charge in [0.15, 0.2) is 0 Å². The fourth-order valence-corrected chi connectivity index (χ4v) is 5.18. The number of thioether (sulfide) groups is 1. The summed E-state index contributed by atoms with van der Waals surface area (Å²) in [6.07, 6.45) is 2.42. The second-order valence-corrected chi connectivity index (χ2v) is 13.4. The van der Waals surface area contributed by atoms with Gasteiger partial charge >= 0.3 is 24.0 Å². The first kappa shape index (κ1) is 45.9. The molecule has 0 saturated carbocycles. The van der Waals surface area contributed by atoms with Crippen LogP contribution in [0.1, 0.15) is 86.5 Å². The molecule has 5 atom stereocenters. The second-order valence-electron chi connectivity index (χ2n) is 12.4. The zero-order chi connectivity index (χ0) is 38.4. The minimum Gasteiger partial charge on any atom is -0.467 e. The van der Waals surface area contributed by atoms with Crippen molar-refractivity contribution in [3.05, 3.63) is 0 Å². The van der Waals surface area contributed by atoms with Gasteiger partial charge in [0, 0.05) is 24.3 Å². The Kier molecular flexibility index (Phi) is 22.2. The predicted molar refractivity (Wildman–Crippen MR) is 184 cm³/mol. The summed E-state index contributed by atoms with van der Waals surface area (Å²) in [5, 5.41) is 12.5. The normalized spacial score (nSPS) is 13.9. The Morgan fingerprint density at radius 1 is 0.600 bits per heavy atom. The van der Waals surface area contributed by atoms with Gasteiger partial charge in [0.1, 0.15) is 35.8 Å². The van der Waals surface area contributed by atoms with E-state index in [1.54, 1.807) is 20.8 Å². The molecule has 0 radical (unpaired) electrons. The van der Waals surface area contributed by atoms with E-state index < -0.39 is 77.5 Å². The third kappa shape index (κ3) is 19.8.